The first kappa shape index (κ1) is 13.0. The third kappa shape index (κ3) is 3.54. The molecule has 0 saturated carbocycles. The number of nitrogens with one attached hydrogen (secondary N) is 1. The van der Waals surface area contributed by atoms with Gasteiger partial charge in [0, 0.05) is 43.7 Å². The van der Waals surface area contributed by atoms with Gasteiger partial charge in [-0.2, -0.15) is 5.10 Å². The molecule has 1 aliphatic rings. The Bertz CT molecular complexity index is 511. The fourth-order valence-corrected chi connectivity index (χ4v) is 3.07. The molecule has 0 aromatic carbocycles. The summed E-state index contributed by atoms with van der Waals surface area (Å²) < 4.78 is 22.0. The predicted octanol–water partition coefficient (Wildman–Crippen LogP) is -0.911. The van der Waals surface area contributed by atoms with Crippen LogP contribution in [0.15, 0.2) is 12.3 Å². The minimum absolute atomic E-state index is 0.0110. The molecule has 1 fully saturated rings. The van der Waals surface area contributed by atoms with E-state index in [0.717, 1.165) is 5.69 Å². The van der Waals surface area contributed by atoms with Crippen molar-refractivity contribution < 1.29 is 13.2 Å². The van der Waals surface area contributed by atoms with Crippen molar-refractivity contribution in [1.29, 1.82) is 0 Å². The van der Waals surface area contributed by atoms with Gasteiger partial charge in [0.25, 0.3) is 0 Å². The highest BCUT2D eigenvalue weighted by atomic mass is 32.2. The number of primary sulfonamides is 1. The van der Waals surface area contributed by atoms with E-state index in [2.05, 4.69) is 10.2 Å². The number of carbonyl (C=O) groups is 1. The van der Waals surface area contributed by atoms with Crippen LogP contribution in [0.2, 0.25) is 0 Å². The summed E-state index contributed by atoms with van der Waals surface area (Å²) in [5.74, 6) is -0.323. The van der Waals surface area contributed by atoms with Crippen molar-refractivity contribution in [3.05, 3.63) is 18.0 Å². The molecule has 1 unspecified atom stereocenters. The number of aromatic nitrogens is 2. The Balaban J connectivity index is 1.86. The molecule has 2 rings (SSSR count). The molecule has 1 amide bonds. The molecule has 1 atom stereocenters. The number of hydrogen-bond acceptors (Lipinski definition) is 4. The summed E-state index contributed by atoms with van der Waals surface area (Å²) in [6, 6.07) is 1.85. The minimum atomic E-state index is -3.51. The van der Waals surface area contributed by atoms with Crippen molar-refractivity contribution in [3.63, 3.8) is 0 Å². The quantitative estimate of drug-likeness (QED) is 0.723. The molecule has 1 aromatic rings. The van der Waals surface area contributed by atoms with Crippen molar-refractivity contribution in [2.24, 2.45) is 11.1 Å². The lowest BCUT2D eigenvalue weighted by Crippen LogP contribution is -2.29. The second-order valence-corrected chi connectivity index (χ2v) is 6.23. The van der Waals surface area contributed by atoms with Crippen molar-refractivity contribution in [2.75, 3.05) is 18.8 Å². The van der Waals surface area contributed by atoms with E-state index >= 15 is 0 Å². The smallest absolute Gasteiger partial charge is 0.222 e. The summed E-state index contributed by atoms with van der Waals surface area (Å²) in [5, 5.41) is 11.6. The van der Waals surface area contributed by atoms with Crippen molar-refractivity contribution in [2.45, 2.75) is 12.8 Å². The maximum Gasteiger partial charge on any atom is 0.222 e. The van der Waals surface area contributed by atoms with Crippen molar-refractivity contribution >= 4 is 15.9 Å². The molecule has 0 bridgehead atoms. The summed E-state index contributed by atoms with van der Waals surface area (Å²) in [4.78, 5) is 13.4. The van der Waals surface area contributed by atoms with Gasteiger partial charge in [-0.05, 0) is 6.07 Å². The Morgan fingerprint density at radius 3 is 2.94 bits per heavy atom. The zero-order valence-corrected chi connectivity index (χ0v) is 10.7. The van der Waals surface area contributed by atoms with Crippen LogP contribution in [0.5, 0.6) is 0 Å². The van der Waals surface area contributed by atoms with Gasteiger partial charge in [0.2, 0.25) is 15.9 Å². The third-order valence-corrected chi connectivity index (χ3v) is 3.91. The Morgan fingerprint density at radius 2 is 2.33 bits per heavy atom. The fourth-order valence-electron chi connectivity index (χ4n) is 2.19. The van der Waals surface area contributed by atoms with Gasteiger partial charge in [0.1, 0.15) is 0 Å². The molecule has 0 radical (unpaired) electrons. The summed E-state index contributed by atoms with van der Waals surface area (Å²) in [7, 11) is -3.51. The van der Waals surface area contributed by atoms with Crippen LogP contribution in [-0.2, 0) is 21.2 Å². The van der Waals surface area contributed by atoms with E-state index in [4.69, 9.17) is 5.14 Å². The Kier molecular flexibility index (Phi) is 3.67. The number of likely N-dealkylation sites (tertiary alicyclic amines) is 1. The number of nitrogens with two attached hydrogens (primary N) is 1. The maximum absolute atomic E-state index is 11.7. The lowest BCUT2D eigenvalue weighted by molar-refractivity contribution is -0.127. The van der Waals surface area contributed by atoms with Gasteiger partial charge in [-0.3, -0.25) is 9.89 Å². The van der Waals surface area contributed by atoms with Crippen molar-refractivity contribution in [3.8, 4) is 0 Å². The number of H-pyrrole nitrogens is 1. The second-order valence-electron chi connectivity index (χ2n) is 4.57. The van der Waals surface area contributed by atoms with E-state index in [9.17, 15) is 13.2 Å². The predicted molar refractivity (Wildman–Crippen MR) is 65.0 cm³/mol. The van der Waals surface area contributed by atoms with E-state index in [-0.39, 0.29) is 24.0 Å². The average molecular weight is 272 g/mol. The van der Waals surface area contributed by atoms with Crippen LogP contribution in [0, 0.1) is 5.92 Å². The zero-order valence-electron chi connectivity index (χ0n) is 9.87. The maximum atomic E-state index is 11.7. The third-order valence-electron chi connectivity index (χ3n) is 2.97. The molecular formula is C10H16N4O3S. The first-order valence-electron chi connectivity index (χ1n) is 5.70. The SMILES string of the molecule is NS(=O)(=O)CC1CC(=O)N(CCc2ccn[nH]2)C1. The largest absolute Gasteiger partial charge is 0.342 e. The summed E-state index contributed by atoms with van der Waals surface area (Å²) in [5.41, 5.74) is 0.956. The molecule has 8 heteroatoms. The number of hydrogen-bond donors (Lipinski definition) is 2. The number of sulfonamides is 1. The van der Waals surface area contributed by atoms with E-state index in [0.29, 0.717) is 19.5 Å². The number of amides is 1. The van der Waals surface area contributed by atoms with E-state index < -0.39 is 10.0 Å². The van der Waals surface area contributed by atoms with Gasteiger partial charge in [-0.15, -0.1) is 0 Å². The first-order valence-corrected chi connectivity index (χ1v) is 7.42. The topological polar surface area (TPSA) is 109 Å². The van der Waals surface area contributed by atoms with Gasteiger partial charge < -0.3 is 4.90 Å². The van der Waals surface area contributed by atoms with Crippen LogP contribution >= 0.6 is 0 Å². The lowest BCUT2D eigenvalue weighted by Gasteiger charge is -2.15. The highest BCUT2D eigenvalue weighted by Gasteiger charge is 2.31. The van der Waals surface area contributed by atoms with Gasteiger partial charge in [0.15, 0.2) is 0 Å². The van der Waals surface area contributed by atoms with Crippen LogP contribution in [0.3, 0.4) is 0 Å². The van der Waals surface area contributed by atoms with Crippen LogP contribution in [-0.4, -0.2) is 48.3 Å². The second kappa shape index (κ2) is 5.07. The first-order chi connectivity index (χ1) is 8.44. The minimum Gasteiger partial charge on any atom is -0.342 e. The molecule has 1 aliphatic heterocycles. The van der Waals surface area contributed by atoms with Gasteiger partial charge in [-0.25, -0.2) is 13.6 Å². The average Bonchev–Trinajstić information content (AvgIpc) is 2.83. The normalized spacial score (nSPS) is 20.6. The molecule has 7 nitrogen and oxygen atoms in total. The van der Waals surface area contributed by atoms with E-state index in [1.165, 1.54) is 0 Å². The van der Waals surface area contributed by atoms with Crippen LogP contribution in [0.4, 0.5) is 0 Å². The van der Waals surface area contributed by atoms with E-state index in [1.54, 1.807) is 11.1 Å². The standard InChI is InChI=1S/C10H16N4O3S/c11-18(16,17)7-8-5-10(15)14(6-8)4-2-9-1-3-12-13-9/h1,3,8H,2,4-7H2,(H,12,13)(H2,11,16,17). The molecular weight excluding hydrogens is 256 g/mol. The molecule has 0 aliphatic carbocycles. The lowest BCUT2D eigenvalue weighted by atomic mass is 10.1. The van der Waals surface area contributed by atoms with Crippen LogP contribution in [0.1, 0.15) is 12.1 Å². The summed E-state index contributed by atoms with van der Waals surface area (Å²) in [6.07, 6.45) is 2.61. The molecule has 1 saturated heterocycles. The Morgan fingerprint density at radius 1 is 1.56 bits per heavy atom. The van der Waals surface area contributed by atoms with Crippen LogP contribution in [0.25, 0.3) is 0 Å². The molecule has 18 heavy (non-hydrogen) atoms. The number of rotatable bonds is 5. The molecule has 0 spiro atoms. The zero-order chi connectivity index (χ0) is 13.2. The van der Waals surface area contributed by atoms with Crippen molar-refractivity contribution in [1.82, 2.24) is 15.1 Å². The van der Waals surface area contributed by atoms with Gasteiger partial charge in [0.05, 0.1) is 5.75 Å². The highest BCUT2D eigenvalue weighted by Crippen LogP contribution is 2.19. The Hall–Kier alpha value is -1.41. The highest BCUT2D eigenvalue weighted by molar-refractivity contribution is 7.89. The summed E-state index contributed by atoms with van der Waals surface area (Å²) in [6.45, 7) is 1.03. The van der Waals surface area contributed by atoms with Crippen LogP contribution < -0.4 is 5.14 Å². The molecule has 2 heterocycles. The number of aromatic amines is 1. The van der Waals surface area contributed by atoms with Gasteiger partial charge in [-0.1, -0.05) is 0 Å². The molecule has 100 valence electrons. The fraction of sp³-hybridized carbons (Fsp3) is 0.600. The Labute approximate surface area is 105 Å². The molecule has 1 aromatic heterocycles. The van der Waals surface area contributed by atoms with Gasteiger partial charge >= 0.3 is 0 Å². The monoisotopic (exact) mass is 272 g/mol. The number of nitrogens with zero attached hydrogens (tertiary/aromatic N) is 2. The summed E-state index contributed by atoms with van der Waals surface area (Å²) >= 11 is 0. The molecule has 3 N–H and O–H groups in total. The number of carbonyl (C=O) groups excluding carboxylic acids is 1. The van der Waals surface area contributed by atoms with E-state index in [1.807, 2.05) is 6.07 Å².